The van der Waals surface area contributed by atoms with E-state index in [2.05, 4.69) is 4.74 Å². The average molecular weight is 255 g/mol. The molecule has 8 nitrogen and oxygen atoms in total. The van der Waals surface area contributed by atoms with Crippen molar-refractivity contribution in [2.75, 3.05) is 19.5 Å². The Labute approximate surface area is 92.3 Å². The van der Waals surface area contributed by atoms with Crippen LogP contribution in [0, 0.1) is 0 Å². The van der Waals surface area contributed by atoms with Crippen LogP contribution in [0.2, 0.25) is 0 Å². The van der Waals surface area contributed by atoms with E-state index in [4.69, 9.17) is 10.2 Å². The molecule has 0 aliphatic carbocycles. The number of rotatable bonds is 8. The molecule has 0 saturated heterocycles. The first-order valence-corrected chi connectivity index (χ1v) is 5.87. The summed E-state index contributed by atoms with van der Waals surface area (Å²) >= 11 is 0. The normalized spacial score (nSPS) is 13.3. The first-order chi connectivity index (χ1) is 7.28. The molecule has 0 aliphatic heterocycles. The van der Waals surface area contributed by atoms with Gasteiger partial charge in [0.05, 0.1) is 18.8 Å². The molecule has 1 atom stereocenters. The Kier molecular flexibility index (Phi) is 5.93. The van der Waals surface area contributed by atoms with Crippen LogP contribution in [0.25, 0.3) is 0 Å². The highest BCUT2D eigenvalue weighted by Crippen LogP contribution is 1.97. The Morgan fingerprint density at radius 1 is 1.38 bits per heavy atom. The summed E-state index contributed by atoms with van der Waals surface area (Å²) in [6.45, 7) is -0.102. The highest BCUT2D eigenvalue weighted by molar-refractivity contribution is 7.89. The van der Waals surface area contributed by atoms with Gasteiger partial charge >= 0.3 is 11.9 Å². The van der Waals surface area contributed by atoms with Crippen LogP contribution < -0.4 is 4.72 Å². The fourth-order valence-electron chi connectivity index (χ4n) is 0.823. The summed E-state index contributed by atoms with van der Waals surface area (Å²) in [5, 5.41) is 17.0. The topological polar surface area (TPSA) is 130 Å². The lowest BCUT2D eigenvalue weighted by atomic mass is 10.2. The second-order valence-corrected chi connectivity index (χ2v) is 4.79. The van der Waals surface area contributed by atoms with Gasteiger partial charge in [0.2, 0.25) is 10.0 Å². The fourth-order valence-corrected chi connectivity index (χ4v) is 1.94. The van der Waals surface area contributed by atoms with E-state index in [1.807, 2.05) is 0 Å². The second kappa shape index (κ2) is 6.40. The molecule has 0 rings (SSSR count). The summed E-state index contributed by atoms with van der Waals surface area (Å²) < 4.78 is 28.8. The third kappa shape index (κ3) is 6.32. The number of carboxylic acids is 2. The van der Waals surface area contributed by atoms with Gasteiger partial charge in [-0.1, -0.05) is 0 Å². The van der Waals surface area contributed by atoms with Crippen molar-refractivity contribution in [3.05, 3.63) is 0 Å². The van der Waals surface area contributed by atoms with Gasteiger partial charge in [0.25, 0.3) is 0 Å². The predicted octanol–water partition coefficient (Wildman–Crippen LogP) is -1.52. The molecule has 0 amide bonds. The highest BCUT2D eigenvalue weighted by Gasteiger charge is 2.26. The Hall–Kier alpha value is -1.19. The summed E-state index contributed by atoms with van der Waals surface area (Å²) in [7, 11) is -2.56. The minimum Gasteiger partial charge on any atom is -0.481 e. The molecular formula is C7H13NO7S. The van der Waals surface area contributed by atoms with Gasteiger partial charge in [0.1, 0.15) is 6.04 Å². The molecule has 0 heterocycles. The molecule has 0 aromatic heterocycles. The number of aliphatic carboxylic acids is 2. The van der Waals surface area contributed by atoms with Crippen molar-refractivity contribution < 1.29 is 33.0 Å². The van der Waals surface area contributed by atoms with Crippen molar-refractivity contribution in [2.45, 2.75) is 12.5 Å². The van der Waals surface area contributed by atoms with Crippen molar-refractivity contribution in [3.8, 4) is 0 Å². The summed E-state index contributed by atoms with van der Waals surface area (Å²) in [6.07, 6.45) is -0.818. The zero-order chi connectivity index (χ0) is 12.8. The van der Waals surface area contributed by atoms with Gasteiger partial charge in [0, 0.05) is 7.11 Å². The summed E-state index contributed by atoms with van der Waals surface area (Å²) in [4.78, 5) is 20.9. The maximum Gasteiger partial charge on any atom is 0.322 e. The third-order valence-electron chi connectivity index (χ3n) is 1.55. The zero-order valence-corrected chi connectivity index (χ0v) is 9.36. The van der Waals surface area contributed by atoms with Crippen LogP contribution >= 0.6 is 0 Å². The number of ether oxygens (including phenoxy) is 1. The van der Waals surface area contributed by atoms with E-state index in [9.17, 15) is 18.0 Å². The maximum atomic E-state index is 11.2. The third-order valence-corrected chi connectivity index (χ3v) is 2.90. The molecule has 0 radical (unpaired) electrons. The van der Waals surface area contributed by atoms with Crippen LogP contribution in [0.4, 0.5) is 0 Å². The molecule has 0 bridgehead atoms. The summed E-state index contributed by atoms with van der Waals surface area (Å²) in [5.74, 6) is -3.36. The van der Waals surface area contributed by atoms with Gasteiger partial charge in [-0.2, -0.15) is 0 Å². The van der Waals surface area contributed by atoms with E-state index in [-0.39, 0.29) is 6.61 Å². The summed E-state index contributed by atoms with van der Waals surface area (Å²) in [6, 6.07) is -1.67. The van der Waals surface area contributed by atoms with Gasteiger partial charge in [-0.05, 0) is 0 Å². The quantitative estimate of drug-likeness (QED) is 0.480. The predicted molar refractivity (Wildman–Crippen MR) is 52.5 cm³/mol. The minimum atomic E-state index is -3.85. The second-order valence-electron chi connectivity index (χ2n) is 2.92. The SMILES string of the molecule is COCCS(=O)(=O)N[C@H](CC(=O)O)C(=O)O. The van der Waals surface area contributed by atoms with Gasteiger partial charge in [0.15, 0.2) is 0 Å². The number of carbonyl (C=O) groups is 2. The molecule has 94 valence electrons. The van der Waals surface area contributed by atoms with E-state index < -0.39 is 40.2 Å². The molecule has 0 aromatic carbocycles. The first kappa shape index (κ1) is 14.8. The van der Waals surface area contributed by atoms with E-state index in [1.165, 1.54) is 7.11 Å². The average Bonchev–Trinajstić information content (AvgIpc) is 2.12. The Bertz CT molecular complexity index is 350. The number of sulfonamides is 1. The zero-order valence-electron chi connectivity index (χ0n) is 8.54. The van der Waals surface area contributed by atoms with Gasteiger partial charge in [-0.15, -0.1) is 0 Å². The van der Waals surface area contributed by atoms with E-state index in [0.29, 0.717) is 0 Å². The number of hydrogen-bond donors (Lipinski definition) is 3. The van der Waals surface area contributed by atoms with Gasteiger partial charge in [-0.25, -0.2) is 13.1 Å². The van der Waals surface area contributed by atoms with Crippen LogP contribution in [0.15, 0.2) is 0 Å². The van der Waals surface area contributed by atoms with Crippen molar-refractivity contribution in [1.29, 1.82) is 0 Å². The molecule has 3 N–H and O–H groups in total. The lowest BCUT2D eigenvalue weighted by molar-refractivity contribution is -0.145. The Balaban J connectivity index is 4.50. The molecular weight excluding hydrogens is 242 g/mol. The van der Waals surface area contributed by atoms with Crippen molar-refractivity contribution >= 4 is 22.0 Å². The fraction of sp³-hybridized carbons (Fsp3) is 0.714. The monoisotopic (exact) mass is 255 g/mol. The first-order valence-electron chi connectivity index (χ1n) is 4.22. The molecule has 0 unspecified atom stereocenters. The van der Waals surface area contributed by atoms with Gasteiger partial charge < -0.3 is 14.9 Å². The molecule has 0 fully saturated rings. The van der Waals surface area contributed by atoms with Crippen LogP contribution in [0.5, 0.6) is 0 Å². The lowest BCUT2D eigenvalue weighted by Crippen LogP contribution is -2.43. The van der Waals surface area contributed by atoms with E-state index >= 15 is 0 Å². The standard InChI is InChI=1S/C7H13NO7S/c1-15-2-3-16(13,14)8-5(7(11)12)4-6(9)10/h5,8H,2-4H2,1H3,(H,9,10)(H,11,12)/t5-/m1/s1. The molecule has 0 aromatic rings. The molecule has 0 aliphatic rings. The van der Waals surface area contributed by atoms with Crippen molar-refractivity contribution in [1.82, 2.24) is 4.72 Å². The van der Waals surface area contributed by atoms with E-state index in [1.54, 1.807) is 4.72 Å². The Morgan fingerprint density at radius 2 is 1.94 bits per heavy atom. The van der Waals surface area contributed by atoms with Crippen molar-refractivity contribution in [2.24, 2.45) is 0 Å². The highest BCUT2D eigenvalue weighted by atomic mass is 32.2. The molecule has 0 saturated carbocycles. The van der Waals surface area contributed by atoms with Crippen LogP contribution in [-0.2, 0) is 24.3 Å². The summed E-state index contributed by atoms with van der Waals surface area (Å²) in [5.41, 5.74) is 0. The smallest absolute Gasteiger partial charge is 0.322 e. The molecule has 0 spiro atoms. The largest absolute Gasteiger partial charge is 0.481 e. The van der Waals surface area contributed by atoms with E-state index in [0.717, 1.165) is 0 Å². The van der Waals surface area contributed by atoms with Gasteiger partial charge in [-0.3, -0.25) is 9.59 Å². The minimum absolute atomic E-state index is 0.102. The van der Waals surface area contributed by atoms with Crippen molar-refractivity contribution in [3.63, 3.8) is 0 Å². The van der Waals surface area contributed by atoms with Crippen LogP contribution in [-0.4, -0.2) is 56.1 Å². The molecule has 16 heavy (non-hydrogen) atoms. The number of methoxy groups -OCH3 is 1. The number of carboxylic acid groups (broad SMARTS) is 2. The molecule has 9 heteroatoms. The maximum absolute atomic E-state index is 11.2. The number of hydrogen-bond acceptors (Lipinski definition) is 5. The Morgan fingerprint density at radius 3 is 2.31 bits per heavy atom. The van der Waals surface area contributed by atoms with Crippen LogP contribution in [0.1, 0.15) is 6.42 Å². The van der Waals surface area contributed by atoms with Crippen LogP contribution in [0.3, 0.4) is 0 Å². The number of nitrogens with one attached hydrogen (secondary N) is 1. The lowest BCUT2D eigenvalue weighted by Gasteiger charge is -2.12.